The van der Waals surface area contributed by atoms with E-state index < -0.39 is 0 Å². The van der Waals surface area contributed by atoms with Gasteiger partial charge in [0.15, 0.2) is 0 Å². The van der Waals surface area contributed by atoms with Crippen LogP contribution in [0.4, 0.5) is 0 Å². The standard InChI is InChI=1S/C15H27N3/c1-4-12(2)9-18(3)11-15(10-16,13-5-6-13)17-14-7-8-14/h12-14,17H,4-9,11H2,1-3H3. The fourth-order valence-corrected chi connectivity index (χ4v) is 2.77. The summed E-state index contributed by atoms with van der Waals surface area (Å²) in [6, 6.07) is 3.23. The highest BCUT2D eigenvalue weighted by atomic mass is 15.2. The van der Waals surface area contributed by atoms with Gasteiger partial charge in [-0.1, -0.05) is 20.3 Å². The molecule has 2 saturated carbocycles. The van der Waals surface area contributed by atoms with Gasteiger partial charge in [-0.25, -0.2) is 0 Å². The van der Waals surface area contributed by atoms with E-state index in [1.807, 2.05) is 0 Å². The van der Waals surface area contributed by atoms with Crippen LogP contribution in [0, 0.1) is 23.2 Å². The number of hydrogen-bond acceptors (Lipinski definition) is 3. The number of nitriles is 1. The van der Waals surface area contributed by atoms with Gasteiger partial charge >= 0.3 is 0 Å². The number of likely N-dealkylation sites (N-methyl/N-ethyl adjacent to an activating group) is 1. The zero-order chi connectivity index (χ0) is 13.2. The normalized spacial score (nSPS) is 24.6. The third-order valence-electron chi connectivity index (χ3n) is 4.35. The van der Waals surface area contributed by atoms with Gasteiger partial charge in [-0.2, -0.15) is 5.26 Å². The maximum atomic E-state index is 9.66. The molecule has 2 aliphatic carbocycles. The Balaban J connectivity index is 1.93. The van der Waals surface area contributed by atoms with Gasteiger partial charge in [-0.15, -0.1) is 0 Å². The monoisotopic (exact) mass is 249 g/mol. The first-order valence-corrected chi connectivity index (χ1v) is 7.47. The van der Waals surface area contributed by atoms with Gasteiger partial charge in [0.05, 0.1) is 6.07 Å². The summed E-state index contributed by atoms with van der Waals surface area (Å²) in [5.74, 6) is 1.30. The smallest absolute Gasteiger partial charge is 0.122 e. The maximum Gasteiger partial charge on any atom is 0.122 e. The van der Waals surface area contributed by atoms with Crippen LogP contribution in [-0.4, -0.2) is 36.6 Å². The number of hydrogen-bond donors (Lipinski definition) is 1. The molecule has 0 heterocycles. The Morgan fingerprint density at radius 3 is 2.50 bits per heavy atom. The summed E-state index contributed by atoms with van der Waals surface area (Å²) in [7, 11) is 2.16. The highest BCUT2D eigenvalue weighted by Crippen LogP contribution is 2.41. The van der Waals surface area contributed by atoms with Crippen molar-refractivity contribution in [2.24, 2.45) is 11.8 Å². The highest BCUT2D eigenvalue weighted by molar-refractivity contribution is 5.18. The highest BCUT2D eigenvalue weighted by Gasteiger charge is 2.48. The lowest BCUT2D eigenvalue weighted by molar-refractivity contribution is 0.204. The fraction of sp³-hybridized carbons (Fsp3) is 0.933. The summed E-state index contributed by atoms with van der Waals surface area (Å²) in [4.78, 5) is 2.35. The van der Waals surface area contributed by atoms with E-state index in [0.29, 0.717) is 17.9 Å². The van der Waals surface area contributed by atoms with Crippen LogP contribution in [0.2, 0.25) is 0 Å². The van der Waals surface area contributed by atoms with Crippen LogP contribution in [0.5, 0.6) is 0 Å². The number of nitrogens with zero attached hydrogens (tertiary/aromatic N) is 2. The molecule has 1 N–H and O–H groups in total. The van der Waals surface area contributed by atoms with Gasteiger partial charge in [0, 0.05) is 19.1 Å². The molecule has 0 aromatic rings. The van der Waals surface area contributed by atoms with Crippen LogP contribution < -0.4 is 5.32 Å². The summed E-state index contributed by atoms with van der Waals surface area (Å²) in [5, 5.41) is 13.3. The maximum absolute atomic E-state index is 9.66. The Labute approximate surface area is 112 Å². The average Bonchev–Trinajstić information content (AvgIpc) is 3.19. The molecule has 0 spiro atoms. The van der Waals surface area contributed by atoms with Crippen molar-refractivity contribution in [3.05, 3.63) is 0 Å². The molecular weight excluding hydrogens is 222 g/mol. The second kappa shape index (κ2) is 5.59. The van der Waals surface area contributed by atoms with Crippen molar-refractivity contribution in [2.45, 2.75) is 57.5 Å². The van der Waals surface area contributed by atoms with Crippen molar-refractivity contribution in [2.75, 3.05) is 20.1 Å². The molecule has 102 valence electrons. The largest absolute Gasteiger partial charge is 0.303 e. The first kappa shape index (κ1) is 13.8. The molecule has 3 nitrogen and oxygen atoms in total. The Hall–Kier alpha value is -0.590. The summed E-state index contributed by atoms with van der Waals surface area (Å²) in [6.45, 7) is 6.50. The molecule has 2 unspecified atom stereocenters. The third kappa shape index (κ3) is 3.46. The van der Waals surface area contributed by atoms with Crippen LogP contribution in [0.15, 0.2) is 0 Å². The third-order valence-corrected chi connectivity index (χ3v) is 4.35. The lowest BCUT2D eigenvalue weighted by Gasteiger charge is -2.33. The molecule has 0 aliphatic heterocycles. The Morgan fingerprint density at radius 2 is 2.06 bits per heavy atom. The van der Waals surface area contributed by atoms with Crippen LogP contribution in [-0.2, 0) is 0 Å². The minimum Gasteiger partial charge on any atom is -0.303 e. The van der Waals surface area contributed by atoms with Crippen molar-refractivity contribution in [1.82, 2.24) is 10.2 Å². The van der Waals surface area contributed by atoms with Crippen molar-refractivity contribution in [3.8, 4) is 6.07 Å². The lowest BCUT2D eigenvalue weighted by Crippen LogP contribution is -2.55. The minimum atomic E-state index is -0.274. The van der Waals surface area contributed by atoms with E-state index in [1.54, 1.807) is 0 Å². The van der Waals surface area contributed by atoms with E-state index in [0.717, 1.165) is 13.1 Å². The van der Waals surface area contributed by atoms with Crippen molar-refractivity contribution in [1.29, 1.82) is 5.26 Å². The van der Waals surface area contributed by atoms with Gasteiger partial charge in [0.1, 0.15) is 5.54 Å². The molecule has 2 aliphatic rings. The second-order valence-corrected chi connectivity index (χ2v) is 6.49. The topological polar surface area (TPSA) is 39.1 Å². The molecule has 0 amide bonds. The zero-order valence-corrected chi connectivity index (χ0v) is 12.1. The van der Waals surface area contributed by atoms with Crippen molar-refractivity contribution < 1.29 is 0 Å². The Morgan fingerprint density at radius 1 is 1.39 bits per heavy atom. The molecule has 0 aromatic carbocycles. The fourth-order valence-electron chi connectivity index (χ4n) is 2.77. The molecular formula is C15H27N3. The first-order chi connectivity index (χ1) is 8.59. The predicted octanol–water partition coefficient (Wildman–Crippen LogP) is 2.39. The van der Waals surface area contributed by atoms with Crippen LogP contribution >= 0.6 is 0 Å². The van der Waals surface area contributed by atoms with Crippen LogP contribution in [0.3, 0.4) is 0 Å². The Kier molecular flexibility index (Phi) is 4.29. The molecule has 2 fully saturated rings. The van der Waals surface area contributed by atoms with Gasteiger partial charge in [0.25, 0.3) is 0 Å². The molecule has 0 bridgehead atoms. The first-order valence-electron chi connectivity index (χ1n) is 7.47. The molecule has 0 saturated heterocycles. The SMILES string of the molecule is CCC(C)CN(C)CC(C#N)(NC1CC1)C1CC1. The van der Waals surface area contributed by atoms with E-state index in [-0.39, 0.29) is 5.54 Å². The second-order valence-electron chi connectivity index (χ2n) is 6.49. The zero-order valence-electron chi connectivity index (χ0n) is 12.1. The number of nitrogens with one attached hydrogen (secondary N) is 1. The van der Waals surface area contributed by atoms with E-state index in [4.69, 9.17) is 0 Å². The molecule has 2 atom stereocenters. The van der Waals surface area contributed by atoms with Gasteiger partial charge in [0.2, 0.25) is 0 Å². The predicted molar refractivity (Wildman–Crippen MR) is 74.2 cm³/mol. The summed E-state index contributed by atoms with van der Waals surface area (Å²) < 4.78 is 0. The Bertz CT molecular complexity index is 314. The molecule has 0 aromatic heterocycles. The van der Waals surface area contributed by atoms with Crippen LogP contribution in [0.25, 0.3) is 0 Å². The minimum absolute atomic E-state index is 0.274. The van der Waals surface area contributed by atoms with Crippen molar-refractivity contribution >= 4 is 0 Å². The summed E-state index contributed by atoms with van der Waals surface area (Å²) in [5.41, 5.74) is -0.274. The van der Waals surface area contributed by atoms with Crippen molar-refractivity contribution in [3.63, 3.8) is 0 Å². The number of rotatable bonds is 8. The molecule has 3 heteroatoms. The average molecular weight is 249 g/mol. The van der Waals surface area contributed by atoms with E-state index in [1.165, 1.54) is 32.1 Å². The van der Waals surface area contributed by atoms with Crippen LogP contribution in [0.1, 0.15) is 46.0 Å². The quantitative estimate of drug-likeness (QED) is 0.718. The van der Waals surface area contributed by atoms with E-state index in [9.17, 15) is 5.26 Å². The van der Waals surface area contributed by atoms with Gasteiger partial charge in [-0.05, 0) is 44.6 Å². The molecule has 18 heavy (non-hydrogen) atoms. The molecule has 2 rings (SSSR count). The van der Waals surface area contributed by atoms with Gasteiger partial charge < -0.3 is 4.90 Å². The summed E-state index contributed by atoms with van der Waals surface area (Å²) >= 11 is 0. The van der Waals surface area contributed by atoms with E-state index >= 15 is 0 Å². The molecule has 0 radical (unpaired) electrons. The lowest BCUT2D eigenvalue weighted by atomic mass is 9.93. The summed E-state index contributed by atoms with van der Waals surface area (Å²) in [6.07, 6.45) is 6.18. The van der Waals surface area contributed by atoms with Gasteiger partial charge in [-0.3, -0.25) is 5.32 Å². The van der Waals surface area contributed by atoms with E-state index in [2.05, 4.69) is 37.2 Å².